The Morgan fingerprint density at radius 2 is 2.04 bits per heavy atom. The van der Waals surface area contributed by atoms with Crippen LogP contribution in [-0.4, -0.2) is 28.8 Å². The zero-order valence-electron chi connectivity index (χ0n) is 14.6. The van der Waals surface area contributed by atoms with Gasteiger partial charge >= 0.3 is 5.97 Å². The summed E-state index contributed by atoms with van der Waals surface area (Å²) in [7, 11) is 0. The van der Waals surface area contributed by atoms with Crippen molar-refractivity contribution in [2.24, 2.45) is 5.41 Å². The van der Waals surface area contributed by atoms with E-state index in [1.165, 1.54) is 0 Å². The molecule has 1 saturated carbocycles. The molecule has 1 aromatic carbocycles. The molecule has 0 unspecified atom stereocenters. The molecule has 7 heteroatoms. The molecule has 1 aliphatic carbocycles. The van der Waals surface area contributed by atoms with Crippen molar-refractivity contribution in [3.8, 4) is 0 Å². The Balaban J connectivity index is 2.59. The minimum absolute atomic E-state index is 0.206. The van der Waals surface area contributed by atoms with Crippen molar-refractivity contribution in [3.05, 3.63) is 45.0 Å². The topological polar surface area (TPSA) is 86.5 Å². The molecular formula is C18H22ClNO5. The van der Waals surface area contributed by atoms with E-state index in [0.29, 0.717) is 17.0 Å². The van der Waals surface area contributed by atoms with Crippen LogP contribution in [0.5, 0.6) is 0 Å². The van der Waals surface area contributed by atoms with Gasteiger partial charge in [0.15, 0.2) is 5.78 Å². The second-order valence-electron chi connectivity index (χ2n) is 7.34. The van der Waals surface area contributed by atoms with E-state index in [-0.39, 0.29) is 18.6 Å². The van der Waals surface area contributed by atoms with Crippen molar-refractivity contribution in [2.75, 3.05) is 6.54 Å². The first-order chi connectivity index (χ1) is 11.6. The predicted molar refractivity (Wildman–Crippen MR) is 93.2 cm³/mol. The van der Waals surface area contributed by atoms with Crippen LogP contribution in [0, 0.1) is 15.5 Å². The average Bonchev–Trinajstić information content (AvgIpc) is 2.86. The molecule has 0 N–H and O–H groups in total. The van der Waals surface area contributed by atoms with Crippen LogP contribution in [0.4, 0.5) is 0 Å². The van der Waals surface area contributed by atoms with Crippen molar-refractivity contribution in [2.45, 2.75) is 51.6 Å². The number of halogens is 1. The molecule has 0 radical (unpaired) electrons. The quantitative estimate of drug-likeness (QED) is 0.342. The van der Waals surface area contributed by atoms with Gasteiger partial charge in [-0.2, -0.15) is 0 Å². The van der Waals surface area contributed by atoms with Crippen LogP contribution >= 0.6 is 11.6 Å². The second kappa shape index (κ2) is 7.12. The monoisotopic (exact) mass is 367 g/mol. The van der Waals surface area contributed by atoms with Gasteiger partial charge in [0, 0.05) is 16.4 Å². The van der Waals surface area contributed by atoms with Gasteiger partial charge in [0.25, 0.3) is 0 Å². The highest BCUT2D eigenvalue weighted by Gasteiger charge is 2.58. The van der Waals surface area contributed by atoms with E-state index in [4.69, 9.17) is 16.3 Å². The number of esters is 1. The SMILES string of the molecule is CC(C)(C)OC(=O)[C@@]1([C@@H](C[N+](=O)[O-])c2ccccc2Cl)CCCC1=O. The highest BCUT2D eigenvalue weighted by molar-refractivity contribution is 6.31. The molecule has 0 amide bonds. The van der Waals surface area contributed by atoms with E-state index in [1.807, 2.05) is 0 Å². The molecule has 0 aromatic heterocycles. The lowest BCUT2D eigenvalue weighted by Crippen LogP contribution is -2.47. The number of nitro groups is 1. The number of hydrogen-bond donors (Lipinski definition) is 0. The van der Waals surface area contributed by atoms with Crippen LogP contribution in [-0.2, 0) is 14.3 Å². The number of carbonyl (C=O) groups is 2. The van der Waals surface area contributed by atoms with E-state index < -0.39 is 34.4 Å². The summed E-state index contributed by atoms with van der Waals surface area (Å²) in [6.45, 7) is 4.55. The highest BCUT2D eigenvalue weighted by atomic mass is 35.5. The summed E-state index contributed by atoms with van der Waals surface area (Å²) in [5, 5.41) is 11.6. The minimum atomic E-state index is -1.56. The lowest BCUT2D eigenvalue weighted by molar-refractivity contribution is -0.485. The zero-order chi connectivity index (χ0) is 18.8. The van der Waals surface area contributed by atoms with E-state index in [2.05, 4.69) is 0 Å². The van der Waals surface area contributed by atoms with Gasteiger partial charge in [-0.3, -0.25) is 19.7 Å². The maximum atomic E-state index is 13.0. The number of rotatable bonds is 5. The fraction of sp³-hybridized carbons (Fsp3) is 0.556. The van der Waals surface area contributed by atoms with Crippen molar-refractivity contribution >= 4 is 23.4 Å². The van der Waals surface area contributed by atoms with Gasteiger partial charge in [0.05, 0.1) is 5.92 Å². The van der Waals surface area contributed by atoms with Gasteiger partial charge in [0.1, 0.15) is 11.0 Å². The highest BCUT2D eigenvalue weighted by Crippen LogP contribution is 2.49. The third kappa shape index (κ3) is 4.00. The third-order valence-electron chi connectivity index (χ3n) is 4.44. The van der Waals surface area contributed by atoms with Crippen molar-refractivity contribution in [3.63, 3.8) is 0 Å². The summed E-state index contributed by atoms with van der Waals surface area (Å²) in [6.07, 6.45) is 0.930. The van der Waals surface area contributed by atoms with Gasteiger partial charge in [0.2, 0.25) is 6.54 Å². The Bertz CT molecular complexity index is 697. The number of benzene rings is 1. The molecular weight excluding hydrogens is 346 g/mol. The molecule has 2 atom stereocenters. The summed E-state index contributed by atoms with van der Waals surface area (Å²) in [6, 6.07) is 6.63. The molecule has 6 nitrogen and oxygen atoms in total. The van der Waals surface area contributed by atoms with E-state index in [9.17, 15) is 19.7 Å². The lowest BCUT2D eigenvalue weighted by Gasteiger charge is -2.35. The third-order valence-corrected chi connectivity index (χ3v) is 4.79. The van der Waals surface area contributed by atoms with E-state index >= 15 is 0 Å². The smallest absolute Gasteiger partial charge is 0.321 e. The Hall–Kier alpha value is -1.95. The molecule has 0 bridgehead atoms. The normalized spacial score (nSPS) is 21.8. The van der Waals surface area contributed by atoms with E-state index in [0.717, 1.165) is 0 Å². The molecule has 25 heavy (non-hydrogen) atoms. The maximum Gasteiger partial charge on any atom is 0.321 e. The van der Waals surface area contributed by atoms with Gasteiger partial charge < -0.3 is 4.74 Å². The molecule has 136 valence electrons. The molecule has 1 fully saturated rings. The van der Waals surface area contributed by atoms with Crippen molar-refractivity contribution in [1.82, 2.24) is 0 Å². The van der Waals surface area contributed by atoms with Crippen LogP contribution in [0.15, 0.2) is 24.3 Å². The van der Waals surface area contributed by atoms with Gasteiger partial charge in [-0.25, -0.2) is 0 Å². The van der Waals surface area contributed by atoms with Gasteiger partial charge in [-0.15, -0.1) is 0 Å². The number of nitrogens with zero attached hydrogens (tertiary/aromatic N) is 1. The Morgan fingerprint density at radius 1 is 1.40 bits per heavy atom. The van der Waals surface area contributed by atoms with Crippen molar-refractivity contribution < 1.29 is 19.2 Å². The van der Waals surface area contributed by atoms with Crippen molar-refractivity contribution in [1.29, 1.82) is 0 Å². The zero-order valence-corrected chi connectivity index (χ0v) is 15.3. The first kappa shape index (κ1) is 19.4. The van der Waals surface area contributed by atoms with Gasteiger partial charge in [-0.05, 0) is 45.2 Å². The number of carbonyl (C=O) groups excluding carboxylic acids is 2. The predicted octanol–water partition coefficient (Wildman–Crippen LogP) is 3.78. The fourth-order valence-electron chi connectivity index (χ4n) is 3.41. The number of hydrogen-bond acceptors (Lipinski definition) is 5. The summed E-state index contributed by atoms with van der Waals surface area (Å²) >= 11 is 6.24. The largest absolute Gasteiger partial charge is 0.459 e. The Kier molecular flexibility index (Phi) is 5.52. The first-order valence-electron chi connectivity index (χ1n) is 8.21. The molecule has 0 aliphatic heterocycles. The van der Waals surface area contributed by atoms with Crippen LogP contribution in [0.3, 0.4) is 0 Å². The molecule has 0 heterocycles. The van der Waals surface area contributed by atoms with E-state index in [1.54, 1.807) is 45.0 Å². The Morgan fingerprint density at radius 3 is 2.52 bits per heavy atom. The average molecular weight is 368 g/mol. The molecule has 1 aromatic rings. The lowest BCUT2D eigenvalue weighted by atomic mass is 9.69. The van der Waals surface area contributed by atoms with Crippen LogP contribution < -0.4 is 0 Å². The van der Waals surface area contributed by atoms with Gasteiger partial charge in [-0.1, -0.05) is 29.8 Å². The Labute approximate surface area is 151 Å². The molecule has 2 rings (SSSR count). The maximum absolute atomic E-state index is 13.0. The summed E-state index contributed by atoms with van der Waals surface area (Å²) < 4.78 is 5.49. The number of Topliss-reactive ketones (excluding diaryl/α,β-unsaturated/α-hetero) is 1. The first-order valence-corrected chi connectivity index (χ1v) is 8.58. The van der Waals surface area contributed by atoms with Crippen LogP contribution in [0.25, 0.3) is 0 Å². The second-order valence-corrected chi connectivity index (χ2v) is 7.75. The van der Waals surface area contributed by atoms with Crippen LogP contribution in [0.1, 0.15) is 51.5 Å². The molecule has 0 saturated heterocycles. The fourth-order valence-corrected chi connectivity index (χ4v) is 3.68. The summed E-state index contributed by atoms with van der Waals surface area (Å²) in [5.74, 6) is -1.97. The summed E-state index contributed by atoms with van der Waals surface area (Å²) in [4.78, 5) is 36.6. The molecule has 1 aliphatic rings. The minimum Gasteiger partial charge on any atom is -0.459 e. The number of ether oxygens (including phenoxy) is 1. The standard InChI is InChI=1S/C18H22ClNO5/c1-17(2,3)25-16(22)18(10-6-9-15(18)21)13(11-20(23)24)12-7-4-5-8-14(12)19/h4-5,7-8,13H,6,9-11H2,1-3H3/t13-,18+/m0/s1. The van der Waals surface area contributed by atoms with Crippen LogP contribution in [0.2, 0.25) is 5.02 Å². The summed E-state index contributed by atoms with van der Waals surface area (Å²) in [5.41, 5.74) is -1.93. The molecule has 0 spiro atoms. The number of ketones is 1.